The molecule has 1 amide bonds. The Morgan fingerprint density at radius 1 is 1.18 bits per heavy atom. The van der Waals surface area contributed by atoms with E-state index in [0.717, 1.165) is 37.0 Å². The second kappa shape index (κ2) is 15.5. The van der Waals surface area contributed by atoms with Gasteiger partial charge in [-0.3, -0.25) is 14.5 Å². The first kappa shape index (κ1) is 33.4. The lowest BCUT2D eigenvalue weighted by atomic mass is 10.2. The summed E-state index contributed by atoms with van der Waals surface area (Å²) in [6.07, 6.45) is 2.62. The van der Waals surface area contributed by atoms with Crippen LogP contribution in [0.3, 0.4) is 0 Å². The van der Waals surface area contributed by atoms with Gasteiger partial charge < -0.3 is 29.3 Å². The van der Waals surface area contributed by atoms with Crippen molar-refractivity contribution in [3.8, 4) is 5.75 Å². The van der Waals surface area contributed by atoms with Gasteiger partial charge >= 0.3 is 5.97 Å². The van der Waals surface area contributed by atoms with Crippen LogP contribution in [0.5, 0.6) is 5.75 Å². The number of carbonyl (C=O) groups is 3. The van der Waals surface area contributed by atoms with Gasteiger partial charge in [-0.05, 0) is 57.1 Å². The summed E-state index contributed by atoms with van der Waals surface area (Å²) in [5.74, 6) is -1.06. The Labute approximate surface area is 260 Å². The van der Waals surface area contributed by atoms with Crippen LogP contribution in [0.25, 0.3) is 11.0 Å². The van der Waals surface area contributed by atoms with Crippen LogP contribution in [0, 0.1) is 0 Å². The summed E-state index contributed by atoms with van der Waals surface area (Å²) in [7, 11) is -2.83. The highest BCUT2D eigenvalue weighted by Gasteiger charge is 2.29. The number of methoxy groups -OCH3 is 1. The van der Waals surface area contributed by atoms with Crippen LogP contribution in [0.15, 0.2) is 53.7 Å². The Balaban J connectivity index is 1.67. The topological polar surface area (TPSA) is 169 Å². The number of aldehydes is 1. The first-order chi connectivity index (χ1) is 21.1. The summed E-state index contributed by atoms with van der Waals surface area (Å²) in [5, 5.41) is 11.6. The predicted molar refractivity (Wildman–Crippen MR) is 166 cm³/mol. The molecular formula is C29H37N5O8S2. The zero-order chi connectivity index (χ0) is 31.7. The summed E-state index contributed by atoms with van der Waals surface area (Å²) in [5.41, 5.74) is 1.97. The van der Waals surface area contributed by atoms with Gasteiger partial charge in [0.2, 0.25) is 15.9 Å². The molecule has 3 N–H and O–H groups in total. The molecule has 2 unspecified atom stereocenters. The van der Waals surface area contributed by atoms with Crippen molar-refractivity contribution in [3.63, 3.8) is 0 Å². The summed E-state index contributed by atoms with van der Waals surface area (Å²) < 4.78 is 42.6. The van der Waals surface area contributed by atoms with Gasteiger partial charge in [-0.1, -0.05) is 12.1 Å². The molecule has 2 heterocycles. The van der Waals surface area contributed by atoms with E-state index in [1.54, 1.807) is 20.4 Å². The number of carbonyl (C=O) groups excluding carboxylic acids is 2. The third kappa shape index (κ3) is 8.79. The molecule has 3 atom stereocenters. The fraction of sp³-hybridized carbons (Fsp3) is 0.448. The Hall–Kier alpha value is -3.50. The molecule has 1 saturated heterocycles. The van der Waals surface area contributed by atoms with Crippen molar-refractivity contribution in [1.29, 1.82) is 0 Å². The number of aromatic nitrogens is 2. The summed E-state index contributed by atoms with van der Waals surface area (Å²) in [6, 6.07) is 10.2. The van der Waals surface area contributed by atoms with Crippen LogP contribution < -0.4 is 14.8 Å². The van der Waals surface area contributed by atoms with Crippen molar-refractivity contribution in [2.45, 2.75) is 48.6 Å². The molecule has 0 aliphatic carbocycles. The van der Waals surface area contributed by atoms with Crippen molar-refractivity contribution < 1.29 is 37.4 Å². The van der Waals surface area contributed by atoms with Crippen molar-refractivity contribution >= 4 is 56.7 Å². The van der Waals surface area contributed by atoms with Crippen LogP contribution >= 0.6 is 11.8 Å². The number of para-hydroxylation sites is 2. The van der Waals surface area contributed by atoms with Crippen LogP contribution in [0.4, 0.5) is 5.69 Å². The Morgan fingerprint density at radius 3 is 2.64 bits per heavy atom. The first-order valence-corrected chi connectivity index (χ1v) is 16.7. The lowest BCUT2D eigenvalue weighted by Crippen LogP contribution is -2.38. The Kier molecular flexibility index (Phi) is 11.7. The predicted octanol–water partition coefficient (Wildman–Crippen LogP) is 2.74. The lowest BCUT2D eigenvalue weighted by molar-refractivity contribution is -0.138. The number of fused-ring (bicyclic) bond motifs is 1. The van der Waals surface area contributed by atoms with E-state index in [0.29, 0.717) is 18.0 Å². The molecule has 1 fully saturated rings. The third-order valence-electron chi connectivity index (χ3n) is 6.99. The van der Waals surface area contributed by atoms with Gasteiger partial charge in [0.25, 0.3) is 0 Å². The number of likely N-dealkylation sites (tertiary alicyclic amines) is 1. The number of imidazole rings is 1. The van der Waals surface area contributed by atoms with Crippen molar-refractivity contribution in [1.82, 2.24) is 19.2 Å². The van der Waals surface area contributed by atoms with E-state index in [-0.39, 0.29) is 34.8 Å². The molecule has 0 saturated carbocycles. The zero-order valence-electron chi connectivity index (χ0n) is 24.5. The number of benzene rings is 2. The van der Waals surface area contributed by atoms with Crippen LogP contribution in [-0.2, 0) is 29.1 Å². The molecular weight excluding hydrogens is 610 g/mol. The van der Waals surface area contributed by atoms with Gasteiger partial charge in [-0.15, -0.1) is 11.8 Å². The number of hydrogen-bond donors (Lipinski definition) is 3. The Morgan fingerprint density at radius 2 is 1.93 bits per heavy atom. The number of amides is 1. The van der Waals surface area contributed by atoms with Crippen molar-refractivity contribution in [3.05, 3.63) is 48.8 Å². The normalized spacial score (nSPS) is 16.0. The number of rotatable bonds is 17. The van der Waals surface area contributed by atoms with Gasteiger partial charge in [-0.25, -0.2) is 18.1 Å². The number of aliphatic carboxylic acids is 1. The molecule has 13 nitrogen and oxygen atoms in total. The van der Waals surface area contributed by atoms with Crippen LogP contribution in [0.1, 0.15) is 31.6 Å². The quantitative estimate of drug-likeness (QED) is 0.145. The second-order valence-corrected chi connectivity index (χ2v) is 13.3. The number of anilines is 1. The van der Waals surface area contributed by atoms with Gasteiger partial charge in [0, 0.05) is 24.6 Å². The minimum Gasteiger partial charge on any atom is -0.486 e. The van der Waals surface area contributed by atoms with E-state index in [1.807, 2.05) is 33.7 Å². The fourth-order valence-corrected chi connectivity index (χ4v) is 7.39. The summed E-state index contributed by atoms with van der Waals surface area (Å²) in [6.45, 7) is 4.14. The fourth-order valence-electron chi connectivity index (χ4n) is 4.95. The maximum absolute atomic E-state index is 13.5. The third-order valence-corrected chi connectivity index (χ3v) is 9.88. The zero-order valence-corrected chi connectivity index (χ0v) is 26.2. The molecule has 4 rings (SSSR count). The average Bonchev–Trinajstić information content (AvgIpc) is 3.64. The van der Waals surface area contributed by atoms with Crippen molar-refractivity contribution in [2.24, 2.45) is 0 Å². The summed E-state index contributed by atoms with van der Waals surface area (Å²) in [4.78, 5) is 41.7. The molecule has 44 heavy (non-hydrogen) atoms. The molecule has 0 bridgehead atoms. The molecule has 1 aliphatic heterocycles. The van der Waals surface area contributed by atoms with Crippen molar-refractivity contribution in [2.75, 3.05) is 44.4 Å². The van der Waals surface area contributed by atoms with E-state index in [1.165, 1.54) is 30.0 Å². The number of carboxylic acid groups (broad SMARTS) is 1. The highest BCUT2D eigenvalue weighted by Crippen LogP contribution is 2.35. The van der Waals surface area contributed by atoms with Gasteiger partial charge in [0.05, 0.1) is 43.0 Å². The van der Waals surface area contributed by atoms with E-state index in [9.17, 15) is 22.8 Å². The van der Waals surface area contributed by atoms with Crippen LogP contribution in [-0.4, -0.2) is 97.4 Å². The number of nitrogens with zero attached hydrogens (tertiary/aromatic N) is 3. The molecule has 0 radical (unpaired) electrons. The van der Waals surface area contributed by atoms with Gasteiger partial charge in [0.15, 0.2) is 0 Å². The maximum Gasteiger partial charge on any atom is 0.305 e. The minimum atomic E-state index is -4.43. The van der Waals surface area contributed by atoms with E-state index in [2.05, 4.69) is 15.0 Å². The number of hydrogen-bond acceptors (Lipinski definition) is 10. The molecule has 15 heteroatoms. The number of nitrogens with one attached hydrogen (secondary N) is 2. The monoisotopic (exact) mass is 647 g/mol. The number of ether oxygens (including phenoxy) is 2. The van der Waals surface area contributed by atoms with E-state index in [4.69, 9.17) is 14.6 Å². The van der Waals surface area contributed by atoms with E-state index < -0.39 is 34.6 Å². The second-order valence-electron chi connectivity index (χ2n) is 10.4. The lowest BCUT2D eigenvalue weighted by Gasteiger charge is -2.27. The first-order valence-electron chi connectivity index (χ1n) is 14.2. The Bertz CT molecular complexity index is 1560. The molecule has 238 valence electrons. The SMILES string of the molecule is COCCSC([C@@H](C)Oc1cc(NC(=O)CN2CCCC2)ccc1S(=O)(=O)NC(C=O)CC(=O)O)n1cnc2ccccc21. The van der Waals surface area contributed by atoms with E-state index >= 15 is 0 Å². The highest BCUT2D eigenvalue weighted by molar-refractivity contribution is 7.99. The molecule has 0 spiro atoms. The van der Waals surface area contributed by atoms with Gasteiger partial charge in [-0.2, -0.15) is 0 Å². The minimum absolute atomic E-state index is 0.0780. The van der Waals surface area contributed by atoms with Gasteiger partial charge in [0.1, 0.15) is 28.4 Å². The smallest absolute Gasteiger partial charge is 0.305 e. The number of sulfonamides is 1. The average molecular weight is 648 g/mol. The standard InChI is InChI=1S/C29H37N5O8S2/c1-20(29(43-14-13-41-2)34-19-30-23-7-3-4-8-24(23)34)42-25-15-21(31-27(36)17-33-11-5-6-12-33)9-10-26(25)44(39,40)32-22(18-35)16-28(37)38/h3-4,7-10,15,18-20,22,29,32H,5-6,11-14,16-17H2,1-2H3,(H,31,36)(H,37,38)/t20-,22?,29?/m1/s1. The maximum atomic E-state index is 13.5. The molecule has 3 aromatic rings. The highest BCUT2D eigenvalue weighted by atomic mass is 32.2. The number of carboxylic acids is 1. The molecule has 1 aliphatic rings. The largest absolute Gasteiger partial charge is 0.486 e. The molecule has 2 aromatic carbocycles. The summed E-state index contributed by atoms with van der Waals surface area (Å²) >= 11 is 1.53. The molecule has 1 aromatic heterocycles. The van der Waals surface area contributed by atoms with Crippen LogP contribution in [0.2, 0.25) is 0 Å². The number of thioether (sulfide) groups is 1.